The van der Waals surface area contributed by atoms with E-state index in [2.05, 4.69) is 109 Å². The Hall–Kier alpha value is -6.62. The molecule has 10 rings (SSSR count). The summed E-state index contributed by atoms with van der Waals surface area (Å²) in [6.07, 6.45) is 7.50. The number of H-pyrrole nitrogens is 1. The number of amides is 4. The van der Waals surface area contributed by atoms with Gasteiger partial charge in [-0.25, -0.2) is 14.8 Å². The molecular weight excluding hydrogens is 1010 g/mol. The fourth-order valence-electron chi connectivity index (χ4n) is 10.6. The van der Waals surface area contributed by atoms with Crippen molar-refractivity contribution in [3.63, 3.8) is 0 Å². The molecule has 1 aliphatic heterocycles. The number of nitrogens with one attached hydrogen (secondary N) is 2. The molecule has 2 N–H and O–H groups in total. The Morgan fingerprint density at radius 1 is 0.915 bits per heavy atom. The lowest BCUT2D eigenvalue weighted by molar-refractivity contribution is -0.138. The van der Waals surface area contributed by atoms with E-state index < -0.39 is 18.1 Å². The maximum Gasteiger partial charge on any atom is 0.432 e. The quantitative estimate of drug-likeness (QED) is 0.0582. The van der Waals surface area contributed by atoms with Gasteiger partial charge in [-0.05, 0) is 94.8 Å². The van der Waals surface area contributed by atoms with Gasteiger partial charge in [0.2, 0.25) is 17.7 Å². The standard InChI is InChI=1S/C56H59IN8O6/c1-7-31(2)43(28-58-56(69)71-6)54(67)64(50-32(3)33(50)4)30-47-59-44-21-17-39-26-37(15-19-41(39)49(44)61-47)38-16-20-42-40(27-38)18-22-45-51(42)65(57)52(60-45)46-25-34(23-24-70-5)29-63(46)55(68)48(35-11-9-8-10-12-35)62-53(66)36-13-14-36/h8-12,15-24,26-28,31-34,36,43,46,48,50H,7,13-14,25,29-30H2,1-6H3,(H,59,61)(H,62,66)/b24-23+,58-28-/t31-,32-,33+,34?,43?,46-,48+,50-/m0/s1. The molecule has 0 bridgehead atoms. The number of hydrogen-bond acceptors (Lipinski definition) is 8. The summed E-state index contributed by atoms with van der Waals surface area (Å²) >= 11 is 2.33. The largest absolute Gasteiger partial charge is 0.505 e. The van der Waals surface area contributed by atoms with Gasteiger partial charge >= 0.3 is 6.09 Å². The van der Waals surface area contributed by atoms with Gasteiger partial charge < -0.3 is 29.6 Å². The third kappa shape index (κ3) is 9.40. The van der Waals surface area contributed by atoms with Crippen molar-refractivity contribution in [1.82, 2.24) is 32.8 Å². The Bertz CT molecular complexity index is 3240. The molecule has 2 unspecified atom stereocenters. The molecule has 4 amide bonds. The van der Waals surface area contributed by atoms with Gasteiger partial charge in [-0.2, -0.15) is 4.99 Å². The molecule has 5 aromatic carbocycles. The summed E-state index contributed by atoms with van der Waals surface area (Å²) in [4.78, 5) is 75.8. The second kappa shape index (κ2) is 19.9. The number of fused-ring (bicyclic) bond motifs is 6. The predicted molar refractivity (Wildman–Crippen MR) is 285 cm³/mol. The number of aromatic nitrogens is 4. The summed E-state index contributed by atoms with van der Waals surface area (Å²) in [6, 6.07) is 29.7. The molecule has 3 heterocycles. The summed E-state index contributed by atoms with van der Waals surface area (Å²) < 4.78 is 12.2. The fraction of sp³-hybridized carbons (Fsp3) is 0.375. The number of imidazole rings is 2. The first-order valence-corrected chi connectivity index (χ1v) is 25.6. The summed E-state index contributed by atoms with van der Waals surface area (Å²) in [5, 5.41) is 7.30. The Kier molecular flexibility index (Phi) is 13.4. The van der Waals surface area contributed by atoms with Crippen LogP contribution in [-0.4, -0.2) is 84.4 Å². The maximum atomic E-state index is 14.8. The van der Waals surface area contributed by atoms with Crippen LogP contribution < -0.4 is 5.32 Å². The summed E-state index contributed by atoms with van der Waals surface area (Å²) in [6.45, 7) is 9.15. The molecule has 3 fully saturated rings. The van der Waals surface area contributed by atoms with Crippen LogP contribution in [0.5, 0.6) is 0 Å². The van der Waals surface area contributed by atoms with Crippen molar-refractivity contribution in [3.8, 4) is 11.1 Å². The van der Waals surface area contributed by atoms with Crippen LogP contribution in [0.2, 0.25) is 0 Å². The van der Waals surface area contributed by atoms with Crippen LogP contribution in [0.25, 0.3) is 54.7 Å². The lowest BCUT2D eigenvalue weighted by Crippen LogP contribution is -2.43. The summed E-state index contributed by atoms with van der Waals surface area (Å²) in [7, 11) is 2.90. The molecule has 15 heteroatoms. The van der Waals surface area contributed by atoms with Gasteiger partial charge in [0.25, 0.3) is 0 Å². The highest BCUT2D eigenvalue weighted by Crippen LogP contribution is 2.45. The van der Waals surface area contributed by atoms with Gasteiger partial charge in [-0.1, -0.05) is 101 Å². The topological polar surface area (TPSA) is 164 Å². The van der Waals surface area contributed by atoms with Crippen LogP contribution >= 0.6 is 22.9 Å². The monoisotopic (exact) mass is 1070 g/mol. The van der Waals surface area contributed by atoms with E-state index in [-0.39, 0.29) is 47.6 Å². The number of nitrogens with zero attached hydrogens (tertiary/aromatic N) is 6. The third-order valence-electron chi connectivity index (χ3n) is 15.3. The normalized spacial score (nSPS) is 21.3. The molecule has 366 valence electrons. The van der Waals surface area contributed by atoms with Gasteiger partial charge in [0.1, 0.15) is 17.7 Å². The number of aliphatic imine (C=N–C) groups is 1. The fourth-order valence-corrected chi connectivity index (χ4v) is 11.5. The average molecular weight is 1070 g/mol. The van der Waals surface area contributed by atoms with Crippen LogP contribution in [-0.2, 0) is 30.4 Å². The van der Waals surface area contributed by atoms with E-state index in [1.165, 1.54) is 13.3 Å². The SMILES string of the molecule is CC[C@H](C)C(/C=N\C(=O)OC)C(=O)N(Cc1nc2ccc3cc(-c4ccc5c(ccc6nc([C@@H]7CC(/C=C/OC)CN7C(=O)[C@H](NC(=O)C7CC7)c7ccccc7)n(I)c65)c4)ccc3c2[nH]1)[C@@H]1[C@H](C)[C@@H]1C. The highest BCUT2D eigenvalue weighted by atomic mass is 127. The van der Waals surface area contributed by atoms with Crippen molar-refractivity contribution in [1.29, 1.82) is 0 Å². The number of halogens is 1. The Balaban J connectivity index is 0.934. The summed E-state index contributed by atoms with van der Waals surface area (Å²) in [5.74, 6) is 1.23. The predicted octanol–water partition coefficient (Wildman–Crippen LogP) is 10.9. The van der Waals surface area contributed by atoms with Gasteiger partial charge in [0, 0.05) is 41.4 Å². The van der Waals surface area contributed by atoms with Crippen LogP contribution in [0.15, 0.2) is 108 Å². The molecule has 1 saturated heterocycles. The lowest BCUT2D eigenvalue weighted by Gasteiger charge is -2.29. The molecule has 8 atom stereocenters. The van der Waals surface area contributed by atoms with Crippen molar-refractivity contribution >= 4 is 96.5 Å². The van der Waals surface area contributed by atoms with Crippen LogP contribution in [0.4, 0.5) is 4.79 Å². The minimum Gasteiger partial charge on any atom is -0.505 e. The molecule has 0 radical (unpaired) electrons. The zero-order valence-electron chi connectivity index (χ0n) is 40.8. The highest BCUT2D eigenvalue weighted by Gasteiger charge is 2.50. The Labute approximate surface area is 426 Å². The molecule has 14 nitrogen and oxygen atoms in total. The Morgan fingerprint density at radius 2 is 1.61 bits per heavy atom. The molecule has 3 aliphatic rings. The lowest BCUT2D eigenvalue weighted by atomic mass is 9.91. The first-order chi connectivity index (χ1) is 34.4. The number of likely N-dealkylation sites (tertiary alicyclic amines) is 1. The van der Waals surface area contributed by atoms with Crippen molar-refractivity contribution < 1.29 is 28.7 Å². The first-order valence-electron chi connectivity index (χ1n) is 24.7. The third-order valence-corrected chi connectivity index (χ3v) is 16.2. The smallest absolute Gasteiger partial charge is 0.432 e. The highest BCUT2D eigenvalue weighted by molar-refractivity contribution is 14.1. The maximum absolute atomic E-state index is 14.8. The Morgan fingerprint density at radius 3 is 2.27 bits per heavy atom. The molecule has 0 spiro atoms. The summed E-state index contributed by atoms with van der Waals surface area (Å²) in [5.41, 5.74) is 6.43. The van der Waals surface area contributed by atoms with E-state index >= 15 is 0 Å². The van der Waals surface area contributed by atoms with Crippen molar-refractivity contribution in [2.75, 3.05) is 20.8 Å². The minimum absolute atomic E-state index is 0.0270. The van der Waals surface area contributed by atoms with E-state index in [1.807, 2.05) is 66.1 Å². The molecule has 2 saturated carbocycles. The first kappa shape index (κ1) is 48.0. The molecule has 71 heavy (non-hydrogen) atoms. The molecule has 2 aromatic heterocycles. The minimum atomic E-state index is -0.815. The second-order valence-corrected chi connectivity index (χ2v) is 20.7. The zero-order chi connectivity index (χ0) is 49.7. The number of carbonyl (C=O) groups is 4. The number of benzene rings is 5. The molecule has 7 aromatic rings. The van der Waals surface area contributed by atoms with E-state index in [4.69, 9.17) is 19.4 Å². The van der Waals surface area contributed by atoms with E-state index in [0.29, 0.717) is 37.2 Å². The van der Waals surface area contributed by atoms with E-state index in [9.17, 15) is 19.2 Å². The average Bonchev–Trinajstić information content (AvgIpc) is 4.17. The van der Waals surface area contributed by atoms with Gasteiger partial charge in [0.15, 0.2) is 0 Å². The zero-order valence-corrected chi connectivity index (χ0v) is 43.0. The van der Waals surface area contributed by atoms with Crippen LogP contribution in [0, 0.1) is 35.5 Å². The number of rotatable bonds is 15. The van der Waals surface area contributed by atoms with Gasteiger partial charge in [-0.15, -0.1) is 0 Å². The number of hydrogen-bond donors (Lipinski definition) is 2. The van der Waals surface area contributed by atoms with Crippen LogP contribution in [0.3, 0.4) is 0 Å². The number of methoxy groups -OCH3 is 2. The number of carbonyl (C=O) groups excluding carboxylic acids is 4. The van der Waals surface area contributed by atoms with Gasteiger partial charge in [-0.3, -0.25) is 17.2 Å². The van der Waals surface area contributed by atoms with Crippen molar-refractivity contribution in [2.45, 2.75) is 78.0 Å². The number of ether oxygens (including phenoxy) is 2. The van der Waals surface area contributed by atoms with E-state index in [1.54, 1.807) is 13.4 Å². The van der Waals surface area contributed by atoms with Crippen molar-refractivity contribution in [3.05, 3.63) is 121 Å². The number of aromatic amines is 1. The van der Waals surface area contributed by atoms with Crippen LogP contribution in [0.1, 0.15) is 82.7 Å². The molecular formula is C56H59IN8O6. The molecule has 2 aliphatic carbocycles. The van der Waals surface area contributed by atoms with E-state index in [0.717, 1.165) is 85.4 Å². The van der Waals surface area contributed by atoms with Crippen molar-refractivity contribution in [2.24, 2.45) is 40.5 Å². The second-order valence-electron chi connectivity index (χ2n) is 19.7. The van der Waals surface area contributed by atoms with Gasteiger partial charge in [0.05, 0.1) is 83.9 Å².